The third kappa shape index (κ3) is 3.01. The van der Waals surface area contributed by atoms with Crippen LogP contribution in [0.15, 0.2) is 29.3 Å². The summed E-state index contributed by atoms with van der Waals surface area (Å²) in [5, 5.41) is 4.91. The Morgan fingerprint density at radius 2 is 2.00 bits per heavy atom. The monoisotopic (exact) mass is 282 g/mol. The van der Waals surface area contributed by atoms with Crippen molar-refractivity contribution in [1.82, 2.24) is 9.78 Å². The highest BCUT2D eigenvalue weighted by Crippen LogP contribution is 2.21. The first kappa shape index (κ1) is 13.7. The number of carbonyl (C=O) groups is 1. The van der Waals surface area contributed by atoms with Crippen molar-refractivity contribution in [1.29, 1.82) is 0 Å². The van der Waals surface area contributed by atoms with Gasteiger partial charge in [0.15, 0.2) is 5.78 Å². The fraction of sp³-hybridized carbons (Fsp3) is 0.231. The van der Waals surface area contributed by atoms with Crippen molar-refractivity contribution in [2.45, 2.75) is 11.9 Å². The molecule has 0 N–H and O–H groups in total. The minimum absolute atomic E-state index is 0.0309. The van der Waals surface area contributed by atoms with E-state index in [0.717, 1.165) is 22.9 Å². The summed E-state index contributed by atoms with van der Waals surface area (Å²) in [4.78, 5) is 11.8. The highest BCUT2D eigenvalue weighted by molar-refractivity contribution is 7.99. The molecular formula is C13H12F2N2OS. The Hall–Kier alpha value is -1.69. The Kier molecular flexibility index (Phi) is 3.99. The molecule has 1 heterocycles. The van der Waals surface area contributed by atoms with Gasteiger partial charge in [0.2, 0.25) is 0 Å². The van der Waals surface area contributed by atoms with Gasteiger partial charge in [-0.25, -0.2) is 8.78 Å². The van der Waals surface area contributed by atoms with Crippen LogP contribution in [0.1, 0.15) is 16.1 Å². The van der Waals surface area contributed by atoms with Crippen molar-refractivity contribution in [3.05, 3.63) is 47.2 Å². The number of ketones is 1. The van der Waals surface area contributed by atoms with Gasteiger partial charge in [0.05, 0.1) is 22.0 Å². The van der Waals surface area contributed by atoms with E-state index in [1.807, 2.05) is 13.0 Å². The van der Waals surface area contributed by atoms with E-state index in [2.05, 4.69) is 5.10 Å². The molecule has 0 aliphatic heterocycles. The van der Waals surface area contributed by atoms with Crippen LogP contribution in [-0.2, 0) is 7.05 Å². The van der Waals surface area contributed by atoms with Gasteiger partial charge in [-0.15, -0.1) is 0 Å². The number of rotatable bonds is 4. The number of hydrogen-bond donors (Lipinski definition) is 0. The zero-order valence-electron chi connectivity index (χ0n) is 10.5. The molecule has 19 heavy (non-hydrogen) atoms. The van der Waals surface area contributed by atoms with Crippen LogP contribution in [0.4, 0.5) is 8.78 Å². The minimum atomic E-state index is -0.827. The predicted molar refractivity (Wildman–Crippen MR) is 69.4 cm³/mol. The molecule has 100 valence electrons. The molecule has 0 aliphatic rings. The zero-order valence-corrected chi connectivity index (χ0v) is 11.3. The molecule has 0 radical (unpaired) electrons. The van der Waals surface area contributed by atoms with Crippen LogP contribution < -0.4 is 0 Å². The molecule has 6 heteroatoms. The number of nitrogens with zero attached hydrogens (tertiary/aromatic N) is 2. The van der Waals surface area contributed by atoms with Gasteiger partial charge in [-0.3, -0.25) is 9.48 Å². The second kappa shape index (κ2) is 5.52. The third-order valence-electron chi connectivity index (χ3n) is 2.55. The second-order valence-corrected chi connectivity index (χ2v) is 5.05. The highest BCUT2D eigenvalue weighted by atomic mass is 32.2. The average Bonchev–Trinajstić information content (AvgIpc) is 2.65. The molecule has 0 unspecified atom stereocenters. The fourth-order valence-electron chi connectivity index (χ4n) is 1.70. The number of carbonyl (C=O) groups excluding carboxylic acids is 1. The van der Waals surface area contributed by atoms with Gasteiger partial charge in [0.1, 0.15) is 11.6 Å². The first-order valence-corrected chi connectivity index (χ1v) is 6.58. The van der Waals surface area contributed by atoms with E-state index < -0.39 is 23.0 Å². The minimum Gasteiger partial charge on any atom is -0.293 e. The molecule has 0 saturated carbocycles. The summed E-state index contributed by atoms with van der Waals surface area (Å²) < 4.78 is 28.5. The molecular weight excluding hydrogens is 270 g/mol. The van der Waals surface area contributed by atoms with Crippen molar-refractivity contribution >= 4 is 17.5 Å². The zero-order chi connectivity index (χ0) is 14.0. The number of aryl methyl sites for hydroxylation is 2. The van der Waals surface area contributed by atoms with E-state index >= 15 is 0 Å². The van der Waals surface area contributed by atoms with Gasteiger partial charge in [-0.05, 0) is 25.1 Å². The summed E-state index contributed by atoms with van der Waals surface area (Å²) >= 11 is 1.21. The Bertz CT molecular complexity index is 605. The van der Waals surface area contributed by atoms with Crippen LogP contribution in [0, 0.1) is 18.6 Å². The van der Waals surface area contributed by atoms with E-state index in [9.17, 15) is 13.6 Å². The summed E-state index contributed by atoms with van der Waals surface area (Å²) in [6.45, 7) is 1.84. The number of benzene rings is 1. The average molecular weight is 282 g/mol. The molecule has 0 atom stereocenters. The Morgan fingerprint density at radius 3 is 2.53 bits per heavy atom. The van der Waals surface area contributed by atoms with Gasteiger partial charge in [0, 0.05) is 7.05 Å². The summed E-state index contributed by atoms with van der Waals surface area (Å²) in [6.07, 6.45) is 0. The smallest absolute Gasteiger partial charge is 0.179 e. The van der Waals surface area contributed by atoms with E-state index in [1.165, 1.54) is 17.8 Å². The molecule has 2 rings (SSSR count). The first-order valence-electron chi connectivity index (χ1n) is 5.59. The normalized spacial score (nSPS) is 10.7. The van der Waals surface area contributed by atoms with Crippen molar-refractivity contribution in [2.24, 2.45) is 7.05 Å². The van der Waals surface area contributed by atoms with Crippen LogP contribution in [0.25, 0.3) is 0 Å². The maximum atomic E-state index is 13.4. The molecule has 0 fully saturated rings. The molecule has 0 bridgehead atoms. The van der Waals surface area contributed by atoms with Crippen molar-refractivity contribution < 1.29 is 13.6 Å². The van der Waals surface area contributed by atoms with Crippen LogP contribution >= 0.6 is 11.8 Å². The number of Topliss-reactive ketones (excluding diaryl/α,β-unsaturated/α-hetero) is 1. The van der Waals surface area contributed by atoms with Gasteiger partial charge < -0.3 is 0 Å². The summed E-state index contributed by atoms with van der Waals surface area (Å²) in [5.41, 5.74) is 0.350. The Labute approximate surface area is 113 Å². The summed E-state index contributed by atoms with van der Waals surface area (Å²) in [7, 11) is 1.75. The van der Waals surface area contributed by atoms with Crippen LogP contribution in [0.5, 0.6) is 0 Å². The van der Waals surface area contributed by atoms with Gasteiger partial charge >= 0.3 is 0 Å². The van der Waals surface area contributed by atoms with Gasteiger partial charge in [0.25, 0.3) is 0 Å². The second-order valence-electron chi connectivity index (χ2n) is 4.06. The quantitative estimate of drug-likeness (QED) is 0.639. The lowest BCUT2D eigenvalue weighted by Crippen LogP contribution is -2.09. The summed E-state index contributed by atoms with van der Waals surface area (Å²) in [6, 6.07) is 5.21. The molecule has 0 spiro atoms. The van der Waals surface area contributed by atoms with E-state index in [0.29, 0.717) is 0 Å². The molecule has 0 aliphatic carbocycles. The standard InChI is InChI=1S/C13H12F2N2OS/c1-8-6-12(17(2)16-8)19-7-11(18)13-9(14)4-3-5-10(13)15/h3-6H,7H2,1-2H3. The fourth-order valence-corrected chi connectivity index (χ4v) is 2.60. The number of aromatic nitrogens is 2. The maximum absolute atomic E-state index is 13.4. The largest absolute Gasteiger partial charge is 0.293 e. The molecule has 1 aromatic carbocycles. The summed E-state index contributed by atoms with van der Waals surface area (Å²) in [5.74, 6) is -2.25. The molecule has 2 aromatic rings. The predicted octanol–water partition coefficient (Wildman–Crippen LogP) is 2.98. The number of halogens is 2. The van der Waals surface area contributed by atoms with Crippen LogP contribution in [0.3, 0.4) is 0 Å². The Balaban J connectivity index is 2.12. The van der Waals surface area contributed by atoms with E-state index in [4.69, 9.17) is 0 Å². The molecule has 0 saturated heterocycles. The Morgan fingerprint density at radius 1 is 1.37 bits per heavy atom. The molecule has 0 amide bonds. The van der Waals surface area contributed by atoms with Crippen molar-refractivity contribution in [2.75, 3.05) is 5.75 Å². The van der Waals surface area contributed by atoms with Crippen molar-refractivity contribution in [3.63, 3.8) is 0 Å². The topological polar surface area (TPSA) is 34.9 Å². The first-order chi connectivity index (χ1) is 8.99. The number of thioether (sulfide) groups is 1. The number of hydrogen-bond acceptors (Lipinski definition) is 3. The lowest BCUT2D eigenvalue weighted by molar-refractivity contribution is 0.101. The van der Waals surface area contributed by atoms with E-state index in [-0.39, 0.29) is 5.75 Å². The maximum Gasteiger partial charge on any atom is 0.179 e. The van der Waals surface area contributed by atoms with Crippen molar-refractivity contribution in [3.8, 4) is 0 Å². The lowest BCUT2D eigenvalue weighted by atomic mass is 10.1. The molecule has 3 nitrogen and oxygen atoms in total. The van der Waals surface area contributed by atoms with Crippen LogP contribution in [-0.4, -0.2) is 21.3 Å². The van der Waals surface area contributed by atoms with E-state index in [1.54, 1.807) is 11.7 Å². The highest BCUT2D eigenvalue weighted by Gasteiger charge is 2.17. The lowest BCUT2D eigenvalue weighted by Gasteiger charge is -2.04. The molecule has 1 aromatic heterocycles. The third-order valence-corrected chi connectivity index (χ3v) is 3.64. The SMILES string of the molecule is Cc1cc(SCC(=O)c2c(F)cccc2F)n(C)n1. The van der Waals surface area contributed by atoms with Gasteiger partial charge in [-0.1, -0.05) is 17.8 Å². The van der Waals surface area contributed by atoms with Crippen LogP contribution in [0.2, 0.25) is 0 Å². The van der Waals surface area contributed by atoms with Gasteiger partial charge in [-0.2, -0.15) is 5.10 Å².